The van der Waals surface area contributed by atoms with Crippen molar-refractivity contribution in [3.05, 3.63) is 77.5 Å². The Morgan fingerprint density at radius 2 is 1.54 bits per heavy atom. The van der Waals surface area contributed by atoms with Gasteiger partial charge in [0.15, 0.2) is 11.4 Å². The Kier molecular flexibility index (Phi) is 4.18. The first-order chi connectivity index (χ1) is 11.7. The summed E-state index contributed by atoms with van der Waals surface area (Å²) >= 11 is 0. The van der Waals surface area contributed by atoms with Crippen molar-refractivity contribution in [1.82, 2.24) is 4.90 Å². The quantitative estimate of drug-likeness (QED) is 0.797. The Labute approximate surface area is 140 Å². The van der Waals surface area contributed by atoms with Gasteiger partial charge in [-0.2, -0.15) is 10.5 Å². The smallest absolute Gasteiger partial charge is 0.180 e. The van der Waals surface area contributed by atoms with Crippen molar-refractivity contribution < 1.29 is 0 Å². The minimum absolute atomic E-state index is 0.0122. The van der Waals surface area contributed by atoms with Crippen LogP contribution in [0, 0.1) is 22.7 Å². The van der Waals surface area contributed by atoms with E-state index < -0.39 is 0 Å². The lowest BCUT2D eigenvalue weighted by Gasteiger charge is -2.15. The van der Waals surface area contributed by atoms with Crippen LogP contribution in [0.2, 0.25) is 0 Å². The largest absolute Gasteiger partial charge is 0.324 e. The average Bonchev–Trinajstić information content (AvgIpc) is 2.95. The number of nitrogens with zero attached hydrogens (tertiary/aromatic N) is 5. The molecule has 0 fully saturated rings. The minimum Gasteiger partial charge on any atom is -0.324 e. The van der Waals surface area contributed by atoms with Crippen LogP contribution in [-0.4, -0.2) is 23.6 Å². The summed E-state index contributed by atoms with van der Waals surface area (Å²) < 4.78 is 0. The van der Waals surface area contributed by atoms with Gasteiger partial charge < -0.3 is 4.90 Å². The van der Waals surface area contributed by atoms with Crippen LogP contribution in [0.15, 0.2) is 81.9 Å². The molecule has 114 valence electrons. The SMILES string of the molecule is CN1C(c2ccccc2)=NC(=Nc2ccccc2)C1=C(C#N)C#N. The topological polar surface area (TPSA) is 75.5 Å². The maximum Gasteiger partial charge on any atom is 0.180 e. The van der Waals surface area contributed by atoms with Crippen molar-refractivity contribution in [1.29, 1.82) is 10.5 Å². The van der Waals surface area contributed by atoms with Gasteiger partial charge in [-0.1, -0.05) is 48.5 Å². The van der Waals surface area contributed by atoms with Gasteiger partial charge >= 0.3 is 0 Å². The van der Waals surface area contributed by atoms with E-state index >= 15 is 0 Å². The molecule has 3 rings (SSSR count). The highest BCUT2D eigenvalue weighted by Crippen LogP contribution is 2.25. The summed E-state index contributed by atoms with van der Waals surface area (Å²) in [5, 5.41) is 18.6. The van der Waals surface area contributed by atoms with E-state index in [9.17, 15) is 10.5 Å². The molecule has 2 aromatic rings. The molecule has 24 heavy (non-hydrogen) atoms. The van der Waals surface area contributed by atoms with Crippen LogP contribution >= 0.6 is 0 Å². The standard InChI is InChI=1S/C19H13N5/c1-24-17(15(12-20)13-21)18(22-16-10-6-3-7-11-16)23-19(24)14-8-4-2-5-9-14/h2-11H,1H3. The maximum atomic E-state index is 9.28. The molecule has 0 saturated heterocycles. The van der Waals surface area contributed by atoms with Gasteiger partial charge in [-0.25, -0.2) is 9.98 Å². The zero-order chi connectivity index (χ0) is 16.9. The normalized spacial score (nSPS) is 15.0. The third-order valence-corrected chi connectivity index (χ3v) is 3.56. The molecular formula is C19H13N5. The van der Waals surface area contributed by atoms with Gasteiger partial charge in [0.25, 0.3) is 0 Å². The zero-order valence-electron chi connectivity index (χ0n) is 13.0. The summed E-state index contributed by atoms with van der Waals surface area (Å²) in [7, 11) is 1.78. The molecule has 0 atom stereocenters. The summed E-state index contributed by atoms with van der Waals surface area (Å²) in [6, 6.07) is 22.8. The van der Waals surface area contributed by atoms with Crippen LogP contribution in [-0.2, 0) is 0 Å². The van der Waals surface area contributed by atoms with E-state index in [-0.39, 0.29) is 5.57 Å². The number of nitriles is 2. The molecule has 0 spiro atoms. The molecule has 0 bridgehead atoms. The molecule has 0 unspecified atom stereocenters. The second kappa shape index (κ2) is 6.60. The molecule has 2 aromatic carbocycles. The van der Waals surface area contributed by atoms with E-state index in [0.29, 0.717) is 23.1 Å². The predicted molar refractivity (Wildman–Crippen MR) is 92.5 cm³/mol. The van der Waals surface area contributed by atoms with Gasteiger partial charge in [0.1, 0.15) is 23.7 Å². The molecule has 1 aliphatic heterocycles. The lowest BCUT2D eigenvalue weighted by Crippen LogP contribution is -2.23. The summed E-state index contributed by atoms with van der Waals surface area (Å²) in [5.74, 6) is 1.02. The van der Waals surface area contributed by atoms with Crippen LogP contribution in [0.4, 0.5) is 5.69 Å². The number of likely N-dealkylation sites (N-methyl/N-ethyl adjacent to an activating group) is 1. The Morgan fingerprint density at radius 1 is 0.958 bits per heavy atom. The molecule has 1 heterocycles. The van der Waals surface area contributed by atoms with Crippen molar-refractivity contribution in [3.8, 4) is 12.1 Å². The number of aliphatic imine (C=N–C) groups is 2. The number of amidine groups is 2. The fourth-order valence-electron chi connectivity index (χ4n) is 2.44. The molecule has 0 saturated carbocycles. The van der Waals surface area contributed by atoms with Crippen LogP contribution in [0.25, 0.3) is 0 Å². The minimum atomic E-state index is -0.0122. The third kappa shape index (κ3) is 2.79. The average molecular weight is 311 g/mol. The summed E-state index contributed by atoms with van der Waals surface area (Å²) in [6.07, 6.45) is 0. The molecule has 1 aliphatic rings. The van der Waals surface area contributed by atoms with Crippen molar-refractivity contribution >= 4 is 17.4 Å². The lowest BCUT2D eigenvalue weighted by atomic mass is 10.2. The van der Waals surface area contributed by atoms with Crippen LogP contribution in [0.5, 0.6) is 0 Å². The summed E-state index contributed by atoms with van der Waals surface area (Å²) in [4.78, 5) is 10.8. The van der Waals surface area contributed by atoms with Crippen LogP contribution in [0.3, 0.4) is 0 Å². The van der Waals surface area contributed by atoms with Gasteiger partial charge in [0, 0.05) is 12.6 Å². The highest BCUT2D eigenvalue weighted by Gasteiger charge is 2.29. The van der Waals surface area contributed by atoms with Crippen LogP contribution in [0.1, 0.15) is 5.56 Å². The van der Waals surface area contributed by atoms with E-state index in [1.165, 1.54) is 0 Å². The molecule has 0 radical (unpaired) electrons. The zero-order valence-corrected chi connectivity index (χ0v) is 13.0. The Morgan fingerprint density at radius 3 is 2.12 bits per heavy atom. The Balaban J connectivity index is 2.18. The highest BCUT2D eigenvalue weighted by molar-refractivity contribution is 6.20. The Bertz CT molecular complexity index is 909. The van der Waals surface area contributed by atoms with Gasteiger partial charge in [-0.05, 0) is 12.1 Å². The number of hydrogen-bond donors (Lipinski definition) is 0. The molecule has 0 amide bonds. The molecule has 0 aromatic heterocycles. The molecule has 5 heteroatoms. The van der Waals surface area contributed by atoms with Crippen LogP contribution < -0.4 is 0 Å². The summed E-state index contributed by atoms with van der Waals surface area (Å²) in [5.41, 5.74) is 2.02. The molecule has 0 N–H and O–H groups in total. The van der Waals surface area contributed by atoms with Gasteiger partial charge in [-0.15, -0.1) is 0 Å². The van der Waals surface area contributed by atoms with E-state index in [2.05, 4.69) is 9.98 Å². The maximum absolute atomic E-state index is 9.28. The third-order valence-electron chi connectivity index (χ3n) is 3.56. The number of para-hydroxylation sites is 1. The van der Waals surface area contributed by atoms with Gasteiger partial charge in [0.05, 0.1) is 5.69 Å². The van der Waals surface area contributed by atoms with Gasteiger partial charge in [0.2, 0.25) is 0 Å². The lowest BCUT2D eigenvalue weighted by molar-refractivity contribution is 0.674. The second-order valence-corrected chi connectivity index (χ2v) is 5.08. The number of benzene rings is 2. The first-order valence-electron chi connectivity index (χ1n) is 7.31. The first-order valence-corrected chi connectivity index (χ1v) is 7.31. The highest BCUT2D eigenvalue weighted by atomic mass is 15.3. The van der Waals surface area contributed by atoms with E-state index in [4.69, 9.17) is 0 Å². The fourth-order valence-corrected chi connectivity index (χ4v) is 2.44. The monoisotopic (exact) mass is 311 g/mol. The van der Waals surface area contributed by atoms with E-state index in [0.717, 1.165) is 5.56 Å². The van der Waals surface area contributed by atoms with Crippen molar-refractivity contribution in [2.24, 2.45) is 9.98 Å². The van der Waals surface area contributed by atoms with Gasteiger partial charge in [-0.3, -0.25) is 0 Å². The number of allylic oxidation sites excluding steroid dienone is 1. The molecule has 5 nitrogen and oxygen atoms in total. The van der Waals surface area contributed by atoms with E-state index in [1.807, 2.05) is 72.8 Å². The van der Waals surface area contributed by atoms with Crippen molar-refractivity contribution in [2.45, 2.75) is 0 Å². The first kappa shape index (κ1) is 15.2. The number of hydrogen-bond acceptors (Lipinski definition) is 4. The fraction of sp³-hybridized carbons (Fsp3) is 0.0526. The molecular weight excluding hydrogens is 298 g/mol. The van der Waals surface area contributed by atoms with E-state index in [1.54, 1.807) is 11.9 Å². The van der Waals surface area contributed by atoms with Crippen molar-refractivity contribution in [2.75, 3.05) is 7.05 Å². The Hall–Kier alpha value is -3.70. The molecule has 0 aliphatic carbocycles. The number of rotatable bonds is 2. The second-order valence-electron chi connectivity index (χ2n) is 5.08. The summed E-state index contributed by atoms with van der Waals surface area (Å²) in [6.45, 7) is 0. The predicted octanol–water partition coefficient (Wildman–Crippen LogP) is 3.41. The van der Waals surface area contributed by atoms with Crippen molar-refractivity contribution in [3.63, 3.8) is 0 Å².